The van der Waals surface area contributed by atoms with E-state index in [1.165, 1.54) is 5.56 Å². The van der Waals surface area contributed by atoms with E-state index in [9.17, 15) is 9.59 Å². The van der Waals surface area contributed by atoms with Gasteiger partial charge in [-0.25, -0.2) is 0 Å². The van der Waals surface area contributed by atoms with Crippen LogP contribution in [0.5, 0.6) is 0 Å². The lowest BCUT2D eigenvalue weighted by Crippen LogP contribution is -2.27. The molecule has 0 aromatic carbocycles. The van der Waals surface area contributed by atoms with Gasteiger partial charge in [-0.3, -0.25) is 14.6 Å². The topological polar surface area (TPSA) is 71.1 Å². The minimum atomic E-state index is -0.138. The molecule has 5 nitrogen and oxygen atoms in total. The lowest BCUT2D eigenvalue weighted by molar-refractivity contribution is -0.121. The Balaban J connectivity index is 1.60. The van der Waals surface area contributed by atoms with Crippen molar-refractivity contribution in [2.75, 3.05) is 11.9 Å². The predicted octanol–water partition coefficient (Wildman–Crippen LogP) is 2.22. The molecule has 0 saturated heterocycles. The lowest BCUT2D eigenvalue weighted by atomic mass is 10.2. The summed E-state index contributed by atoms with van der Waals surface area (Å²) in [6.45, 7) is 0.342. The van der Waals surface area contributed by atoms with Crippen molar-refractivity contribution in [1.29, 1.82) is 0 Å². The number of hydrogen-bond acceptors (Lipinski definition) is 4. The average molecular weight is 303 g/mol. The van der Waals surface area contributed by atoms with Crippen molar-refractivity contribution in [3.05, 3.63) is 46.9 Å². The second kappa shape index (κ2) is 8.16. The Kier molecular flexibility index (Phi) is 5.90. The van der Waals surface area contributed by atoms with Crippen LogP contribution in [-0.4, -0.2) is 23.3 Å². The highest BCUT2D eigenvalue weighted by atomic mass is 32.1. The number of carbonyl (C=O) groups is 2. The summed E-state index contributed by atoms with van der Waals surface area (Å²) in [4.78, 5) is 27.2. The summed E-state index contributed by atoms with van der Waals surface area (Å²) in [5.41, 5.74) is 1.83. The van der Waals surface area contributed by atoms with Crippen LogP contribution in [0.25, 0.3) is 0 Å². The zero-order chi connectivity index (χ0) is 14.9. The Morgan fingerprint density at radius 1 is 1.19 bits per heavy atom. The van der Waals surface area contributed by atoms with Crippen LogP contribution in [0.4, 0.5) is 5.69 Å². The third-order valence-corrected chi connectivity index (χ3v) is 3.57. The van der Waals surface area contributed by atoms with Gasteiger partial charge >= 0.3 is 0 Å². The molecule has 110 valence electrons. The second-order valence-corrected chi connectivity index (χ2v) is 5.30. The van der Waals surface area contributed by atoms with Crippen molar-refractivity contribution < 1.29 is 9.59 Å². The molecule has 0 aliphatic carbocycles. The van der Waals surface area contributed by atoms with Crippen LogP contribution in [0.1, 0.15) is 18.4 Å². The van der Waals surface area contributed by atoms with Crippen LogP contribution in [-0.2, 0) is 16.0 Å². The molecule has 2 N–H and O–H groups in total. The van der Waals surface area contributed by atoms with Crippen LogP contribution in [0, 0.1) is 0 Å². The average Bonchev–Trinajstić information content (AvgIpc) is 2.99. The normalized spacial score (nSPS) is 10.1. The summed E-state index contributed by atoms with van der Waals surface area (Å²) < 4.78 is 0. The summed E-state index contributed by atoms with van der Waals surface area (Å²) in [6.07, 6.45) is 4.65. The maximum Gasteiger partial charge on any atom is 0.226 e. The number of anilines is 1. The fourth-order valence-electron chi connectivity index (χ4n) is 1.76. The summed E-state index contributed by atoms with van der Waals surface area (Å²) in [6, 6.07) is 5.53. The Morgan fingerprint density at radius 2 is 2.10 bits per heavy atom. The van der Waals surface area contributed by atoms with Gasteiger partial charge in [0.1, 0.15) is 0 Å². The molecule has 0 aliphatic rings. The van der Waals surface area contributed by atoms with Gasteiger partial charge in [0.05, 0.1) is 11.9 Å². The first-order valence-electron chi connectivity index (χ1n) is 6.71. The van der Waals surface area contributed by atoms with Crippen molar-refractivity contribution in [1.82, 2.24) is 10.3 Å². The Hall–Kier alpha value is -2.21. The predicted molar refractivity (Wildman–Crippen MR) is 83.1 cm³/mol. The zero-order valence-corrected chi connectivity index (χ0v) is 12.4. The Labute approximate surface area is 127 Å². The van der Waals surface area contributed by atoms with E-state index in [1.807, 2.05) is 16.8 Å². The molecule has 2 aromatic heterocycles. The number of rotatable bonds is 7. The van der Waals surface area contributed by atoms with E-state index >= 15 is 0 Å². The number of aryl methyl sites for hydroxylation is 1. The van der Waals surface area contributed by atoms with Gasteiger partial charge in [0.15, 0.2) is 0 Å². The fourth-order valence-corrected chi connectivity index (χ4v) is 2.46. The van der Waals surface area contributed by atoms with Gasteiger partial charge in [0.25, 0.3) is 0 Å². The summed E-state index contributed by atoms with van der Waals surface area (Å²) in [7, 11) is 0. The molecule has 0 aliphatic heterocycles. The highest BCUT2D eigenvalue weighted by molar-refractivity contribution is 7.07. The first-order chi connectivity index (χ1) is 10.2. The Morgan fingerprint density at radius 3 is 2.81 bits per heavy atom. The molecule has 21 heavy (non-hydrogen) atoms. The smallest absolute Gasteiger partial charge is 0.226 e. The molecular formula is C15H17N3O2S. The van der Waals surface area contributed by atoms with Gasteiger partial charge in [-0.1, -0.05) is 0 Å². The van der Waals surface area contributed by atoms with Crippen LogP contribution < -0.4 is 10.6 Å². The second-order valence-electron chi connectivity index (χ2n) is 4.52. The van der Waals surface area contributed by atoms with E-state index in [1.54, 1.807) is 35.9 Å². The molecule has 2 amide bonds. The fraction of sp³-hybridized carbons (Fsp3) is 0.267. The highest BCUT2D eigenvalue weighted by Crippen LogP contribution is 2.08. The summed E-state index contributed by atoms with van der Waals surface area (Å²) in [5.74, 6) is -0.170. The SMILES string of the molecule is O=C(CCc1ccsc1)NCCC(=O)Nc1cccnc1. The minimum Gasteiger partial charge on any atom is -0.356 e. The van der Waals surface area contributed by atoms with Crippen LogP contribution >= 0.6 is 11.3 Å². The van der Waals surface area contributed by atoms with Crippen LogP contribution in [0.2, 0.25) is 0 Å². The molecule has 0 unspecified atom stereocenters. The quantitative estimate of drug-likeness (QED) is 0.824. The van der Waals surface area contributed by atoms with E-state index in [-0.39, 0.29) is 18.2 Å². The van der Waals surface area contributed by atoms with Gasteiger partial charge in [-0.15, -0.1) is 0 Å². The molecule has 0 radical (unpaired) electrons. The summed E-state index contributed by atoms with van der Waals surface area (Å²) >= 11 is 1.62. The molecular weight excluding hydrogens is 286 g/mol. The molecule has 0 fully saturated rings. The van der Waals surface area contributed by atoms with Crippen molar-refractivity contribution in [3.8, 4) is 0 Å². The number of pyridine rings is 1. The molecule has 2 heterocycles. The molecule has 6 heteroatoms. The molecule has 2 aromatic rings. The lowest BCUT2D eigenvalue weighted by Gasteiger charge is -2.06. The van der Waals surface area contributed by atoms with E-state index < -0.39 is 0 Å². The van der Waals surface area contributed by atoms with Gasteiger partial charge in [-0.2, -0.15) is 11.3 Å². The minimum absolute atomic E-state index is 0.0321. The molecule has 0 spiro atoms. The standard InChI is InChI=1S/C15H17N3O2S/c19-14(4-3-12-6-9-21-11-12)17-8-5-15(20)18-13-2-1-7-16-10-13/h1-2,6-7,9-11H,3-5,8H2,(H,17,19)(H,18,20). The number of amides is 2. The third kappa shape index (κ3) is 5.74. The van der Waals surface area contributed by atoms with Crippen LogP contribution in [0.15, 0.2) is 41.4 Å². The van der Waals surface area contributed by atoms with Gasteiger partial charge in [-0.05, 0) is 40.9 Å². The maximum atomic E-state index is 11.6. The Bertz CT molecular complexity index is 570. The summed E-state index contributed by atoms with van der Waals surface area (Å²) in [5, 5.41) is 9.50. The zero-order valence-electron chi connectivity index (χ0n) is 11.5. The van der Waals surface area contributed by atoms with Gasteiger partial charge in [0.2, 0.25) is 11.8 Å². The van der Waals surface area contributed by atoms with Crippen molar-refractivity contribution in [2.45, 2.75) is 19.3 Å². The number of aromatic nitrogens is 1. The van der Waals surface area contributed by atoms with Crippen molar-refractivity contribution in [3.63, 3.8) is 0 Å². The molecule has 0 bridgehead atoms. The monoisotopic (exact) mass is 303 g/mol. The highest BCUT2D eigenvalue weighted by Gasteiger charge is 2.05. The van der Waals surface area contributed by atoms with Gasteiger partial charge < -0.3 is 10.6 Å². The van der Waals surface area contributed by atoms with Crippen molar-refractivity contribution >= 4 is 28.8 Å². The van der Waals surface area contributed by atoms with E-state index in [2.05, 4.69) is 15.6 Å². The number of nitrogens with one attached hydrogen (secondary N) is 2. The van der Waals surface area contributed by atoms with E-state index in [0.29, 0.717) is 18.7 Å². The van der Waals surface area contributed by atoms with Gasteiger partial charge in [0, 0.05) is 25.6 Å². The van der Waals surface area contributed by atoms with E-state index in [4.69, 9.17) is 0 Å². The third-order valence-electron chi connectivity index (χ3n) is 2.84. The van der Waals surface area contributed by atoms with Crippen molar-refractivity contribution in [2.24, 2.45) is 0 Å². The molecule has 0 atom stereocenters. The molecule has 2 rings (SSSR count). The number of thiophene rings is 1. The van der Waals surface area contributed by atoms with Crippen LogP contribution in [0.3, 0.4) is 0 Å². The number of hydrogen-bond donors (Lipinski definition) is 2. The largest absolute Gasteiger partial charge is 0.356 e. The molecule has 0 saturated carbocycles. The number of carbonyl (C=O) groups excluding carboxylic acids is 2. The first kappa shape index (κ1) is 15.2. The maximum absolute atomic E-state index is 11.6. The first-order valence-corrected chi connectivity index (χ1v) is 7.66. The van der Waals surface area contributed by atoms with E-state index in [0.717, 1.165) is 6.42 Å². The number of nitrogens with zero attached hydrogens (tertiary/aromatic N) is 1.